The van der Waals surface area contributed by atoms with Gasteiger partial charge in [0.25, 0.3) is 0 Å². The highest BCUT2D eigenvalue weighted by Gasteiger charge is 2.56. The van der Waals surface area contributed by atoms with Crippen LogP contribution in [0.3, 0.4) is 0 Å². The third kappa shape index (κ3) is 26.9. The molecule has 1 aliphatic carbocycles. The van der Waals surface area contributed by atoms with E-state index in [0.29, 0.717) is 56.5 Å². The summed E-state index contributed by atoms with van der Waals surface area (Å²) in [6.45, 7) is 17.2. The SMILES string of the molecule is CC[C@H](C)[C@@H]([C@@H](CC(=O)N1CCC[C@H]1[C@H](OC)[C@@H](C)C(=O)N[C@H](C)[C@@H](O)c1ccccc1)OC)N(C)C(=O)[C@@H](NC(=O)[C@H](C(C)C)N(C)C(=O)OCc1ccc(O[C@@H]2O[C@H](C(=O)OC)[C@@H](OC(C)=O)[C@H](OC(C)=O)[C@H]2OC(C)=O)c(NC(=O)CCNC(=O)[C@H](CCCCNC(c2ccccc2)(c2ccccc2)c2ccc(OC)cc2)NC(=O)OCC2c3ccccc3-c3ccccc32)c1)C(C)C. The van der Waals surface area contributed by atoms with Gasteiger partial charge in [0, 0.05) is 74.5 Å². The number of nitrogens with zero attached hydrogens (tertiary/aromatic N) is 3. The fourth-order valence-electron chi connectivity index (χ4n) is 18.6. The van der Waals surface area contributed by atoms with Gasteiger partial charge in [0.2, 0.25) is 47.8 Å². The number of aliphatic hydroxyl groups excluding tert-OH is 1. The van der Waals surface area contributed by atoms with Gasteiger partial charge in [-0.05, 0) is 138 Å². The Hall–Kier alpha value is -12.8. The molecule has 16 atom stereocenters. The molecule has 2 heterocycles. The summed E-state index contributed by atoms with van der Waals surface area (Å²) < 4.78 is 64.0. The lowest BCUT2D eigenvalue weighted by molar-refractivity contribution is -0.282. The van der Waals surface area contributed by atoms with E-state index in [9.17, 15) is 57.8 Å². The minimum Gasteiger partial charge on any atom is -0.497 e. The first-order valence-electron chi connectivity index (χ1n) is 46.7. The van der Waals surface area contributed by atoms with Crippen LogP contribution >= 0.6 is 0 Å². The van der Waals surface area contributed by atoms with Crippen LogP contribution in [-0.4, -0.2) is 239 Å². The maximum Gasteiger partial charge on any atom is 0.410 e. The van der Waals surface area contributed by atoms with Crippen LogP contribution in [0.1, 0.15) is 178 Å². The van der Waals surface area contributed by atoms with E-state index in [-0.39, 0.29) is 66.6 Å². The molecule has 7 N–H and O–H groups in total. The van der Waals surface area contributed by atoms with E-state index in [1.54, 1.807) is 84.9 Å². The molecule has 7 aromatic rings. The van der Waals surface area contributed by atoms with Crippen molar-refractivity contribution in [2.75, 3.05) is 74.1 Å². The Morgan fingerprint density at radius 3 is 1.76 bits per heavy atom. The maximum atomic E-state index is 15.2. The summed E-state index contributed by atoms with van der Waals surface area (Å²) in [5.74, 6) is -9.31. The number of nitrogens with one attached hydrogen (secondary N) is 6. The van der Waals surface area contributed by atoms with Gasteiger partial charge in [0.15, 0.2) is 18.3 Å². The van der Waals surface area contributed by atoms with Gasteiger partial charge < -0.3 is 93.6 Å². The van der Waals surface area contributed by atoms with Crippen molar-refractivity contribution < 1.29 is 115 Å². The third-order valence-electron chi connectivity index (χ3n) is 25.7. The number of ether oxygens (including phenoxy) is 11. The van der Waals surface area contributed by atoms with Gasteiger partial charge in [0.05, 0.1) is 74.2 Å². The molecule has 0 aromatic heterocycles. The lowest BCUT2D eigenvalue weighted by atomic mass is 9.77. The molecule has 0 spiro atoms. The maximum absolute atomic E-state index is 15.2. The molecule has 2 saturated heterocycles. The van der Waals surface area contributed by atoms with Crippen molar-refractivity contribution in [3.05, 3.63) is 221 Å². The minimum atomic E-state index is -1.93. The lowest BCUT2D eigenvalue weighted by Crippen LogP contribution is -2.64. The number of unbranched alkanes of at least 4 members (excludes halogenated alkanes) is 1. The van der Waals surface area contributed by atoms with Crippen molar-refractivity contribution >= 4 is 77.2 Å². The summed E-state index contributed by atoms with van der Waals surface area (Å²) in [6.07, 6.45) is -11.5. The van der Waals surface area contributed by atoms with E-state index >= 15 is 4.79 Å². The molecule has 0 saturated carbocycles. The van der Waals surface area contributed by atoms with Crippen molar-refractivity contribution in [1.29, 1.82) is 0 Å². The highest BCUT2D eigenvalue weighted by molar-refractivity contribution is 5.94. The summed E-state index contributed by atoms with van der Waals surface area (Å²) in [7, 11) is 8.54. The van der Waals surface area contributed by atoms with Crippen molar-refractivity contribution in [3.63, 3.8) is 0 Å². The number of carbonyl (C=O) groups is 12. The summed E-state index contributed by atoms with van der Waals surface area (Å²) in [4.78, 5) is 173. The smallest absolute Gasteiger partial charge is 0.410 e. The summed E-state index contributed by atoms with van der Waals surface area (Å²) in [6, 6.07) is 51.2. The molecule has 3 aliphatic rings. The number of methoxy groups -OCH3 is 4. The Morgan fingerprint density at radius 1 is 0.606 bits per heavy atom. The molecule has 10 rings (SSSR count). The van der Waals surface area contributed by atoms with Gasteiger partial charge in [-0.2, -0.15) is 0 Å². The van der Waals surface area contributed by atoms with Crippen LogP contribution in [0.2, 0.25) is 0 Å². The zero-order chi connectivity index (χ0) is 99.5. The normalized spacial score (nSPS) is 18.4. The van der Waals surface area contributed by atoms with Crippen LogP contribution in [0, 0.1) is 23.7 Å². The first kappa shape index (κ1) is 106. The van der Waals surface area contributed by atoms with E-state index in [1.165, 1.54) is 44.4 Å². The van der Waals surface area contributed by atoms with E-state index in [4.69, 9.17) is 52.1 Å². The molecule has 0 bridgehead atoms. The van der Waals surface area contributed by atoms with Crippen LogP contribution in [-0.2, 0) is 103 Å². The Balaban J connectivity index is 0.859. The first-order valence-corrected chi connectivity index (χ1v) is 46.7. The average Bonchev–Trinajstić information content (AvgIpc) is 1.62. The quantitative estimate of drug-likeness (QED) is 0.00806. The van der Waals surface area contributed by atoms with Crippen LogP contribution in [0.25, 0.3) is 11.1 Å². The Morgan fingerprint density at radius 2 is 1.19 bits per heavy atom. The Kier molecular flexibility index (Phi) is 39.0. The minimum absolute atomic E-state index is 0.0520. The summed E-state index contributed by atoms with van der Waals surface area (Å²) in [5.41, 5.74) is 6.65. The Labute approximate surface area is 801 Å². The van der Waals surface area contributed by atoms with Crippen LogP contribution in [0.4, 0.5) is 15.3 Å². The Bertz CT molecular complexity index is 5160. The standard InChI is InChI=1S/C104H133N9O24/c1-18-63(6)89(84(128-15)58-86(118)113-56-34-46-82(113)91(129-16)64(7)96(120)107-65(8)90(119)70-35-22-19-23-36-70)111(12)99(123)87(61(2)3)110-98(122)88(62(4)5)112(13)103(126)132-59-69-47-52-83(136-101-95(135-68(11)116)93(134-67(10)115)92(133-66(9)114)94(137-101)100(124)130-17)81(57-69)108-85(117)53-55-105-97(121)80(109-102(125)131-60-79-77-43-30-28-41-75(77)76-42-29-31-44-78(76)79)45-32-33-54-106-104(71-37-24-20-25-38-71,72-39-26-21-27-40-72)73-48-50-74(127-14)51-49-73/h19-31,35-44,47-52,57,61-65,79-80,82,84,87-95,101,106,119H,18,32-34,45-46,53-56,58-60H2,1-17H3,(H,105,121)(H,107,120)(H,108,117)(H,109,125)(H,110,122)/t63-,64+,65+,80-,82-,84+,87-,88-,89-,90+,91+,92-,93-,94-,95+,101+/m0/s1. The second kappa shape index (κ2) is 50.3. The number of benzene rings is 7. The molecule has 2 fully saturated rings. The molecule has 2 aliphatic heterocycles. The van der Waals surface area contributed by atoms with Gasteiger partial charge in [-0.3, -0.25) is 53.4 Å². The van der Waals surface area contributed by atoms with E-state index in [0.717, 1.165) is 71.7 Å². The molecule has 738 valence electrons. The number of esters is 4. The molecule has 33 heteroatoms. The third-order valence-corrected chi connectivity index (χ3v) is 25.7. The number of hydrogen-bond donors (Lipinski definition) is 7. The molecule has 137 heavy (non-hydrogen) atoms. The number of likely N-dealkylation sites (tertiary alicyclic amines) is 1. The monoisotopic (exact) mass is 1890 g/mol. The zero-order valence-corrected chi connectivity index (χ0v) is 81.2. The average molecular weight is 1890 g/mol. The summed E-state index contributed by atoms with van der Waals surface area (Å²) in [5, 5.41) is 29.3. The fraction of sp³-hybridized carbons (Fsp3) is 0.481. The van der Waals surface area contributed by atoms with E-state index in [1.807, 2.05) is 129 Å². The van der Waals surface area contributed by atoms with Crippen LogP contribution in [0.5, 0.6) is 11.5 Å². The van der Waals surface area contributed by atoms with Gasteiger partial charge in [-0.1, -0.05) is 213 Å². The van der Waals surface area contributed by atoms with E-state index in [2.05, 4.69) is 56.2 Å². The number of anilines is 1. The van der Waals surface area contributed by atoms with Gasteiger partial charge in [-0.15, -0.1) is 0 Å². The fourth-order valence-corrected chi connectivity index (χ4v) is 18.6. The number of aliphatic hydroxyl groups is 1. The molecule has 33 nitrogen and oxygen atoms in total. The van der Waals surface area contributed by atoms with Crippen molar-refractivity contribution in [3.8, 4) is 22.6 Å². The van der Waals surface area contributed by atoms with Gasteiger partial charge in [0.1, 0.15) is 42.8 Å². The number of rotatable bonds is 46. The molecule has 7 aromatic carbocycles. The highest BCUT2D eigenvalue weighted by Crippen LogP contribution is 2.46. The van der Waals surface area contributed by atoms with Crippen molar-refractivity contribution in [1.82, 2.24) is 41.3 Å². The number of amides is 8. The molecule has 0 unspecified atom stereocenters. The van der Waals surface area contributed by atoms with Crippen LogP contribution < -0.4 is 41.4 Å². The molecular weight excluding hydrogens is 1760 g/mol. The molecule has 8 amide bonds. The lowest BCUT2D eigenvalue weighted by Gasteiger charge is -2.43. The number of alkyl carbamates (subject to hydrolysis) is 1. The van der Waals surface area contributed by atoms with Crippen molar-refractivity contribution in [2.24, 2.45) is 23.7 Å². The van der Waals surface area contributed by atoms with Crippen molar-refractivity contribution in [2.45, 2.75) is 231 Å². The highest BCUT2D eigenvalue weighted by atomic mass is 16.7. The summed E-state index contributed by atoms with van der Waals surface area (Å²) >= 11 is 0. The number of carbonyl (C=O) groups excluding carboxylic acids is 12. The predicted molar refractivity (Wildman–Crippen MR) is 509 cm³/mol. The molecule has 0 radical (unpaired) electrons. The topological polar surface area (TPSA) is 408 Å². The number of fused-ring (bicyclic) bond motifs is 3. The van der Waals surface area contributed by atoms with E-state index < -0.39 is 181 Å². The first-order chi connectivity index (χ1) is 65.6. The van der Waals surface area contributed by atoms with Gasteiger partial charge in [-0.25, -0.2) is 14.4 Å². The van der Waals surface area contributed by atoms with Gasteiger partial charge >= 0.3 is 36.1 Å². The second-order valence-electron chi connectivity index (χ2n) is 35.7. The van der Waals surface area contributed by atoms with Crippen LogP contribution in [0.15, 0.2) is 182 Å². The molecular formula is C104H133N9O24. The predicted octanol–water partition coefficient (Wildman–Crippen LogP) is 11.8. The number of likely N-dealkylation sites (N-methyl/N-ethyl adjacent to an activating group) is 2. The number of hydrogen-bond acceptors (Lipinski definition) is 25. The zero-order valence-electron chi connectivity index (χ0n) is 81.2. The second-order valence-corrected chi connectivity index (χ2v) is 35.7. The largest absolute Gasteiger partial charge is 0.497 e.